The molecule has 2 aromatic carbocycles. The Labute approximate surface area is 182 Å². The van der Waals surface area contributed by atoms with Gasteiger partial charge >= 0.3 is 0 Å². The van der Waals surface area contributed by atoms with Gasteiger partial charge in [-0.05, 0) is 37.1 Å². The standard InChI is InChI=1S/C25H27N3O3/c29-23(17-26-24(22-15-8-16-31-22)18-9-2-1-3-10-18)28-21-14-7-6-13-20(21)25(30)27-19-11-4-5-12-19/h1-3,6-10,13-16,19,24,26H,4-5,11-12,17H2,(H,27,30)(H,28,29)/p+1/t24-/m1/s1. The van der Waals surface area contributed by atoms with Gasteiger partial charge in [0.1, 0.15) is 0 Å². The summed E-state index contributed by atoms with van der Waals surface area (Å²) in [6.45, 7) is 0.193. The predicted molar refractivity (Wildman–Crippen MR) is 119 cm³/mol. The number of amides is 2. The van der Waals surface area contributed by atoms with Gasteiger partial charge in [0.25, 0.3) is 11.8 Å². The van der Waals surface area contributed by atoms with E-state index in [1.54, 1.807) is 18.4 Å². The first-order chi connectivity index (χ1) is 15.2. The van der Waals surface area contributed by atoms with E-state index < -0.39 is 0 Å². The summed E-state index contributed by atoms with van der Waals surface area (Å²) in [4.78, 5) is 25.5. The van der Waals surface area contributed by atoms with Crippen molar-refractivity contribution in [2.75, 3.05) is 11.9 Å². The molecule has 0 aliphatic heterocycles. The topological polar surface area (TPSA) is 88.0 Å². The second-order valence-corrected chi connectivity index (χ2v) is 7.89. The van der Waals surface area contributed by atoms with Crippen LogP contribution in [0.3, 0.4) is 0 Å². The molecule has 0 spiro atoms. The molecule has 0 saturated heterocycles. The highest BCUT2D eigenvalue weighted by Gasteiger charge is 2.23. The van der Waals surface area contributed by atoms with Crippen molar-refractivity contribution < 1.29 is 19.3 Å². The zero-order valence-electron chi connectivity index (χ0n) is 17.4. The molecule has 1 aliphatic carbocycles. The molecule has 160 valence electrons. The summed E-state index contributed by atoms with van der Waals surface area (Å²) in [6.07, 6.45) is 5.97. The van der Waals surface area contributed by atoms with Crippen LogP contribution in [0, 0.1) is 0 Å². The second-order valence-electron chi connectivity index (χ2n) is 7.89. The van der Waals surface area contributed by atoms with E-state index in [4.69, 9.17) is 4.42 Å². The van der Waals surface area contributed by atoms with Gasteiger partial charge in [0.2, 0.25) is 0 Å². The lowest BCUT2D eigenvalue weighted by molar-refractivity contribution is -0.678. The largest absolute Gasteiger partial charge is 0.463 e. The Morgan fingerprint density at radius 1 is 0.968 bits per heavy atom. The zero-order chi connectivity index (χ0) is 21.5. The van der Waals surface area contributed by atoms with E-state index in [9.17, 15) is 9.59 Å². The van der Waals surface area contributed by atoms with Crippen LogP contribution in [0.2, 0.25) is 0 Å². The van der Waals surface area contributed by atoms with Crippen LogP contribution >= 0.6 is 0 Å². The molecule has 0 bridgehead atoms. The molecule has 0 radical (unpaired) electrons. The molecule has 1 fully saturated rings. The van der Waals surface area contributed by atoms with Gasteiger partial charge < -0.3 is 20.4 Å². The van der Waals surface area contributed by atoms with E-state index in [1.807, 2.05) is 59.9 Å². The number of nitrogens with two attached hydrogens (primary N) is 1. The smallest absolute Gasteiger partial charge is 0.279 e. The quantitative estimate of drug-likeness (QED) is 0.525. The monoisotopic (exact) mass is 418 g/mol. The highest BCUT2D eigenvalue weighted by atomic mass is 16.3. The summed E-state index contributed by atoms with van der Waals surface area (Å²) in [6, 6.07) is 20.9. The number of para-hydroxylation sites is 1. The molecular formula is C25H28N3O3+. The van der Waals surface area contributed by atoms with Gasteiger partial charge in [-0.2, -0.15) is 0 Å². The average Bonchev–Trinajstić information content (AvgIpc) is 3.50. The van der Waals surface area contributed by atoms with Gasteiger partial charge in [-0.25, -0.2) is 0 Å². The number of rotatable bonds is 8. The fourth-order valence-electron chi connectivity index (χ4n) is 4.09. The first kappa shape index (κ1) is 20.9. The fourth-order valence-corrected chi connectivity index (χ4v) is 4.09. The minimum Gasteiger partial charge on any atom is -0.463 e. The predicted octanol–water partition coefficient (Wildman–Crippen LogP) is 3.24. The molecular weight excluding hydrogens is 390 g/mol. The first-order valence-electron chi connectivity index (χ1n) is 10.8. The van der Waals surface area contributed by atoms with Crippen LogP contribution in [-0.4, -0.2) is 24.4 Å². The number of nitrogens with one attached hydrogen (secondary N) is 2. The van der Waals surface area contributed by atoms with Gasteiger partial charge in [0.05, 0.1) is 17.5 Å². The van der Waals surface area contributed by atoms with Crippen molar-refractivity contribution in [3.05, 3.63) is 89.9 Å². The van der Waals surface area contributed by atoms with Gasteiger partial charge in [0, 0.05) is 11.6 Å². The SMILES string of the molecule is O=C(C[NH2+][C@H](c1ccccc1)c1ccco1)Nc1ccccc1C(=O)NC1CCCC1. The Morgan fingerprint density at radius 2 is 1.71 bits per heavy atom. The van der Waals surface area contributed by atoms with Gasteiger partial charge in [-0.3, -0.25) is 9.59 Å². The summed E-state index contributed by atoms with van der Waals surface area (Å²) < 4.78 is 5.60. The number of quaternary nitrogens is 1. The molecule has 1 atom stereocenters. The Kier molecular flexibility index (Phi) is 6.79. The van der Waals surface area contributed by atoms with Crippen LogP contribution in [-0.2, 0) is 4.79 Å². The molecule has 6 nitrogen and oxygen atoms in total. The number of hydrogen-bond acceptors (Lipinski definition) is 3. The number of benzene rings is 2. The van der Waals surface area contributed by atoms with E-state index in [0.29, 0.717) is 11.3 Å². The maximum absolute atomic E-state index is 12.7. The number of anilines is 1. The minimum absolute atomic E-state index is 0.122. The van der Waals surface area contributed by atoms with E-state index in [0.717, 1.165) is 37.0 Å². The fraction of sp³-hybridized carbons (Fsp3) is 0.280. The number of furan rings is 1. The van der Waals surface area contributed by atoms with Crippen molar-refractivity contribution in [3.8, 4) is 0 Å². The lowest BCUT2D eigenvalue weighted by Gasteiger charge is -2.16. The third-order valence-electron chi connectivity index (χ3n) is 5.68. The van der Waals surface area contributed by atoms with E-state index in [2.05, 4.69) is 10.6 Å². The summed E-state index contributed by atoms with van der Waals surface area (Å²) in [5.74, 6) is 0.480. The van der Waals surface area contributed by atoms with Crippen molar-refractivity contribution in [1.82, 2.24) is 5.32 Å². The molecule has 1 aromatic heterocycles. The van der Waals surface area contributed by atoms with Gasteiger partial charge in [0.15, 0.2) is 18.3 Å². The van der Waals surface area contributed by atoms with E-state index >= 15 is 0 Å². The van der Waals surface area contributed by atoms with Crippen LogP contribution in [0.4, 0.5) is 5.69 Å². The van der Waals surface area contributed by atoms with E-state index in [-0.39, 0.29) is 30.4 Å². The number of carbonyl (C=O) groups excluding carboxylic acids is 2. The van der Waals surface area contributed by atoms with Crippen LogP contribution < -0.4 is 16.0 Å². The van der Waals surface area contributed by atoms with Gasteiger partial charge in [-0.1, -0.05) is 55.3 Å². The molecule has 1 saturated carbocycles. The lowest BCUT2D eigenvalue weighted by atomic mass is 10.0. The van der Waals surface area contributed by atoms with Crippen molar-refractivity contribution in [3.63, 3.8) is 0 Å². The third-order valence-corrected chi connectivity index (χ3v) is 5.68. The Morgan fingerprint density at radius 3 is 2.45 bits per heavy atom. The first-order valence-corrected chi connectivity index (χ1v) is 10.8. The number of hydrogen-bond donors (Lipinski definition) is 3. The molecule has 0 unspecified atom stereocenters. The number of carbonyl (C=O) groups is 2. The Bertz CT molecular complexity index is 996. The summed E-state index contributed by atoms with van der Waals surface area (Å²) in [7, 11) is 0. The summed E-state index contributed by atoms with van der Waals surface area (Å²) in [5, 5.41) is 7.93. The van der Waals surface area contributed by atoms with Crippen molar-refractivity contribution in [2.45, 2.75) is 37.8 Å². The Balaban J connectivity index is 1.41. The molecule has 1 aliphatic rings. The second kappa shape index (κ2) is 10.1. The van der Waals surface area contributed by atoms with Crippen LogP contribution in [0.5, 0.6) is 0 Å². The normalized spacial score (nSPS) is 14.8. The van der Waals surface area contributed by atoms with Crippen LogP contribution in [0.1, 0.15) is 53.4 Å². The molecule has 31 heavy (non-hydrogen) atoms. The highest BCUT2D eigenvalue weighted by Crippen LogP contribution is 2.21. The highest BCUT2D eigenvalue weighted by molar-refractivity contribution is 6.04. The summed E-state index contributed by atoms with van der Waals surface area (Å²) in [5.41, 5.74) is 2.08. The van der Waals surface area contributed by atoms with Crippen molar-refractivity contribution >= 4 is 17.5 Å². The minimum atomic E-state index is -0.173. The third kappa shape index (κ3) is 5.41. The lowest BCUT2D eigenvalue weighted by Crippen LogP contribution is -2.87. The van der Waals surface area contributed by atoms with E-state index in [1.165, 1.54) is 0 Å². The maximum atomic E-state index is 12.7. The molecule has 1 heterocycles. The summed E-state index contributed by atoms with van der Waals surface area (Å²) >= 11 is 0. The molecule has 2 amide bonds. The van der Waals surface area contributed by atoms with Crippen LogP contribution in [0.15, 0.2) is 77.4 Å². The molecule has 4 N–H and O–H groups in total. The molecule has 6 heteroatoms. The molecule has 3 aromatic rings. The van der Waals surface area contributed by atoms with Gasteiger partial charge in [-0.15, -0.1) is 0 Å². The molecule has 4 rings (SSSR count). The maximum Gasteiger partial charge on any atom is 0.279 e. The zero-order valence-corrected chi connectivity index (χ0v) is 17.4. The van der Waals surface area contributed by atoms with Crippen molar-refractivity contribution in [1.29, 1.82) is 0 Å². The van der Waals surface area contributed by atoms with Crippen LogP contribution in [0.25, 0.3) is 0 Å². The Hall–Kier alpha value is -3.38. The average molecular weight is 419 g/mol. The van der Waals surface area contributed by atoms with Crippen molar-refractivity contribution in [2.24, 2.45) is 0 Å².